The van der Waals surface area contributed by atoms with Gasteiger partial charge >= 0.3 is 12.3 Å². The first kappa shape index (κ1) is 21.3. The highest BCUT2D eigenvalue weighted by Gasteiger charge is 2.31. The fourth-order valence-electron chi connectivity index (χ4n) is 2.86. The third-order valence-corrected chi connectivity index (χ3v) is 4.12. The molecule has 0 saturated heterocycles. The van der Waals surface area contributed by atoms with Gasteiger partial charge in [-0.15, -0.1) is 13.2 Å². The number of methoxy groups -OCH3 is 1. The molecule has 0 N–H and O–H groups in total. The van der Waals surface area contributed by atoms with Gasteiger partial charge in [-0.3, -0.25) is 9.69 Å². The Morgan fingerprint density at radius 2 is 1.93 bits per heavy atom. The lowest BCUT2D eigenvalue weighted by Gasteiger charge is -2.18. The summed E-state index contributed by atoms with van der Waals surface area (Å²) in [7, 11) is 2.86. The van der Waals surface area contributed by atoms with Crippen LogP contribution in [0.1, 0.15) is 21.8 Å². The molecule has 0 saturated carbocycles. The summed E-state index contributed by atoms with van der Waals surface area (Å²) in [6, 6.07) is 5.33. The van der Waals surface area contributed by atoms with Gasteiger partial charge in [0.25, 0.3) is 5.56 Å². The van der Waals surface area contributed by atoms with Crippen LogP contribution in [0.25, 0.3) is 10.9 Å². The van der Waals surface area contributed by atoms with Crippen molar-refractivity contribution in [3.05, 3.63) is 51.6 Å². The van der Waals surface area contributed by atoms with Gasteiger partial charge < -0.3 is 14.0 Å². The molecule has 30 heavy (non-hydrogen) atoms. The molecule has 0 unspecified atom stereocenters. The minimum Gasteiger partial charge on any atom is -0.464 e. The summed E-state index contributed by atoms with van der Waals surface area (Å²) >= 11 is 0. The van der Waals surface area contributed by atoms with Crippen molar-refractivity contribution in [3.8, 4) is 5.75 Å². The van der Waals surface area contributed by atoms with Crippen molar-refractivity contribution in [2.75, 3.05) is 14.2 Å². The van der Waals surface area contributed by atoms with Crippen molar-refractivity contribution in [3.63, 3.8) is 0 Å². The maximum atomic E-state index is 12.6. The Hall–Kier alpha value is -3.41. The Morgan fingerprint density at radius 1 is 1.27 bits per heavy atom. The van der Waals surface area contributed by atoms with Gasteiger partial charge in [0.05, 0.1) is 19.2 Å². The zero-order valence-corrected chi connectivity index (χ0v) is 16.2. The van der Waals surface area contributed by atoms with E-state index in [0.29, 0.717) is 5.56 Å². The molecule has 0 radical (unpaired) electrons. The van der Waals surface area contributed by atoms with Crippen LogP contribution in [0.4, 0.5) is 13.2 Å². The number of benzene rings is 1. The number of carbonyl (C=O) groups is 1. The van der Waals surface area contributed by atoms with E-state index < -0.39 is 17.9 Å². The van der Waals surface area contributed by atoms with E-state index in [1.54, 1.807) is 18.9 Å². The van der Waals surface area contributed by atoms with Gasteiger partial charge in [-0.05, 0) is 31.7 Å². The molecule has 0 aliphatic heterocycles. The summed E-state index contributed by atoms with van der Waals surface area (Å²) < 4.78 is 51.3. The van der Waals surface area contributed by atoms with Gasteiger partial charge in [0, 0.05) is 6.54 Å². The summed E-state index contributed by atoms with van der Waals surface area (Å²) in [4.78, 5) is 26.4. The Balaban J connectivity index is 1.81. The topological polar surface area (TPSA) is 99.7 Å². The lowest BCUT2D eigenvalue weighted by Crippen LogP contribution is -2.33. The van der Waals surface area contributed by atoms with E-state index in [9.17, 15) is 22.8 Å². The molecule has 12 heteroatoms. The normalized spacial score (nSPS) is 11.8. The summed E-state index contributed by atoms with van der Waals surface area (Å²) in [5, 5.41) is 7.97. The van der Waals surface area contributed by atoms with E-state index in [-0.39, 0.29) is 41.3 Å². The number of nitrogens with zero attached hydrogens (tertiary/aromatic N) is 4. The summed E-state index contributed by atoms with van der Waals surface area (Å²) in [5.41, 5.74) is -0.0419. The molecule has 2 heterocycles. The minimum atomic E-state index is -4.76. The number of carbonyl (C=O) groups excluding carboxylic acids is 1. The van der Waals surface area contributed by atoms with Crippen LogP contribution in [0.15, 0.2) is 33.6 Å². The predicted octanol–water partition coefficient (Wildman–Crippen LogP) is 2.47. The van der Waals surface area contributed by atoms with Gasteiger partial charge in [0.2, 0.25) is 0 Å². The number of esters is 1. The highest BCUT2D eigenvalue weighted by molar-refractivity contribution is 6.01. The van der Waals surface area contributed by atoms with Crippen molar-refractivity contribution in [1.82, 2.24) is 19.8 Å². The van der Waals surface area contributed by atoms with Crippen molar-refractivity contribution >= 4 is 16.9 Å². The van der Waals surface area contributed by atoms with E-state index in [1.807, 2.05) is 0 Å². The second-order valence-corrected chi connectivity index (χ2v) is 6.45. The van der Waals surface area contributed by atoms with Crippen LogP contribution in [-0.2, 0) is 18.0 Å². The highest BCUT2D eigenvalue weighted by Crippen LogP contribution is 2.23. The molecule has 3 aromatic rings. The number of fused-ring (bicyclic) bond motifs is 1. The van der Waals surface area contributed by atoms with E-state index >= 15 is 0 Å². The molecule has 0 amide bonds. The van der Waals surface area contributed by atoms with Crippen LogP contribution in [0.3, 0.4) is 0 Å². The zero-order chi connectivity index (χ0) is 22.1. The van der Waals surface area contributed by atoms with Gasteiger partial charge in [-0.1, -0.05) is 17.3 Å². The summed E-state index contributed by atoms with van der Waals surface area (Å²) in [6.07, 6.45) is -4.76. The number of hydrogen-bond acceptors (Lipinski definition) is 8. The van der Waals surface area contributed by atoms with Crippen LogP contribution >= 0.6 is 0 Å². The number of halogens is 3. The molecule has 3 rings (SSSR count). The maximum Gasteiger partial charge on any atom is 0.573 e. The summed E-state index contributed by atoms with van der Waals surface area (Å²) in [5.74, 6) is -0.819. The fourth-order valence-corrected chi connectivity index (χ4v) is 2.86. The first-order valence-corrected chi connectivity index (χ1v) is 8.57. The van der Waals surface area contributed by atoms with E-state index in [0.717, 1.165) is 4.68 Å². The number of ether oxygens (including phenoxy) is 2. The van der Waals surface area contributed by atoms with Crippen LogP contribution in [0, 0.1) is 6.92 Å². The number of aromatic nitrogens is 3. The molecule has 0 fully saturated rings. The first-order valence-electron chi connectivity index (χ1n) is 8.57. The van der Waals surface area contributed by atoms with Gasteiger partial charge in [0.15, 0.2) is 11.2 Å². The largest absolute Gasteiger partial charge is 0.573 e. The van der Waals surface area contributed by atoms with Crippen molar-refractivity contribution < 1.29 is 32.0 Å². The molecule has 2 aromatic heterocycles. The monoisotopic (exact) mass is 426 g/mol. The number of rotatable bonds is 6. The third kappa shape index (κ3) is 4.59. The highest BCUT2D eigenvalue weighted by atomic mass is 19.4. The Kier molecular flexibility index (Phi) is 5.78. The SMILES string of the molecule is COC(=O)c1nn(CN(C)Cc2ccc(OC(F)(F)F)cc2)c(=O)c2noc(C)c12. The van der Waals surface area contributed by atoms with Crippen molar-refractivity contribution in [1.29, 1.82) is 0 Å². The molecule has 0 spiro atoms. The van der Waals surface area contributed by atoms with Gasteiger partial charge in [-0.2, -0.15) is 5.10 Å². The quantitative estimate of drug-likeness (QED) is 0.555. The van der Waals surface area contributed by atoms with Crippen LogP contribution in [0.5, 0.6) is 5.75 Å². The standard InChI is InChI=1S/C18H17F3N4O5/c1-10-13-14(23-30-10)16(26)25(22-15(13)17(27)28-3)9-24(2)8-11-4-6-12(7-5-11)29-18(19,20)21/h4-7H,8-9H2,1-3H3. The molecule has 0 atom stereocenters. The van der Waals surface area contributed by atoms with E-state index in [1.165, 1.54) is 31.4 Å². The van der Waals surface area contributed by atoms with E-state index in [2.05, 4.69) is 15.0 Å². The number of alkyl halides is 3. The van der Waals surface area contributed by atoms with Gasteiger partial charge in [-0.25, -0.2) is 9.48 Å². The minimum absolute atomic E-state index is 0.0223. The van der Waals surface area contributed by atoms with Crippen LogP contribution < -0.4 is 10.3 Å². The van der Waals surface area contributed by atoms with Gasteiger partial charge in [0.1, 0.15) is 11.5 Å². The molecular formula is C18H17F3N4O5. The van der Waals surface area contributed by atoms with Crippen LogP contribution in [-0.4, -0.2) is 46.3 Å². The second-order valence-electron chi connectivity index (χ2n) is 6.45. The average molecular weight is 426 g/mol. The van der Waals surface area contributed by atoms with Crippen molar-refractivity contribution in [2.24, 2.45) is 0 Å². The average Bonchev–Trinajstić information content (AvgIpc) is 3.06. The Bertz CT molecular complexity index is 1120. The predicted molar refractivity (Wildman–Crippen MR) is 96.7 cm³/mol. The molecule has 0 aliphatic rings. The zero-order valence-electron chi connectivity index (χ0n) is 16.2. The summed E-state index contributed by atoms with van der Waals surface area (Å²) in [6.45, 7) is 1.81. The molecule has 160 valence electrons. The third-order valence-electron chi connectivity index (χ3n) is 4.12. The fraction of sp³-hybridized carbons (Fsp3) is 0.333. The number of aryl methyl sites for hydroxylation is 1. The molecule has 9 nitrogen and oxygen atoms in total. The molecule has 0 aliphatic carbocycles. The lowest BCUT2D eigenvalue weighted by atomic mass is 10.2. The van der Waals surface area contributed by atoms with E-state index in [4.69, 9.17) is 9.26 Å². The Labute approximate surface area is 167 Å². The Morgan fingerprint density at radius 3 is 2.53 bits per heavy atom. The van der Waals surface area contributed by atoms with Crippen LogP contribution in [0.2, 0.25) is 0 Å². The first-order chi connectivity index (χ1) is 14.1. The molecule has 0 bridgehead atoms. The van der Waals surface area contributed by atoms with Crippen molar-refractivity contribution in [2.45, 2.75) is 26.5 Å². The smallest absolute Gasteiger partial charge is 0.464 e. The maximum absolute atomic E-state index is 12.6. The second kappa shape index (κ2) is 8.14. The molecular weight excluding hydrogens is 409 g/mol. The lowest BCUT2D eigenvalue weighted by molar-refractivity contribution is -0.274. The number of hydrogen-bond donors (Lipinski definition) is 0. The molecule has 1 aromatic carbocycles.